The largest absolute Gasteiger partial charge is 0.351 e. The number of hydrogen-bond acceptors (Lipinski definition) is 4. The second kappa shape index (κ2) is 9.22. The van der Waals surface area contributed by atoms with E-state index in [0.717, 1.165) is 13.0 Å². The number of carbonyl (C=O) groups is 1. The van der Waals surface area contributed by atoms with Gasteiger partial charge in [-0.2, -0.15) is 0 Å². The van der Waals surface area contributed by atoms with E-state index >= 15 is 0 Å². The molecule has 6 nitrogen and oxygen atoms in total. The summed E-state index contributed by atoms with van der Waals surface area (Å²) < 4.78 is 24.9. The Bertz CT molecular complexity index is 620. The predicted octanol–water partition coefficient (Wildman–Crippen LogP) is 1.28. The first-order valence-corrected chi connectivity index (χ1v) is 9.56. The fourth-order valence-electron chi connectivity index (χ4n) is 2.03. The summed E-state index contributed by atoms with van der Waals surface area (Å²) >= 11 is 5.84. The number of benzene rings is 1. The van der Waals surface area contributed by atoms with E-state index in [1.165, 1.54) is 10.6 Å². The first-order chi connectivity index (χ1) is 10.7. The van der Waals surface area contributed by atoms with Crippen LogP contribution in [0, 0.1) is 0 Å². The molecule has 0 aliphatic rings. The highest BCUT2D eigenvalue weighted by atomic mass is 35.5. The minimum atomic E-state index is -3.29. The molecule has 130 valence electrons. The number of amides is 1. The van der Waals surface area contributed by atoms with Gasteiger partial charge in [-0.15, -0.1) is 0 Å². The van der Waals surface area contributed by atoms with E-state index in [1.807, 2.05) is 19.0 Å². The van der Waals surface area contributed by atoms with Gasteiger partial charge in [-0.25, -0.2) is 12.7 Å². The van der Waals surface area contributed by atoms with Crippen LogP contribution >= 0.6 is 11.6 Å². The Morgan fingerprint density at radius 3 is 2.48 bits per heavy atom. The summed E-state index contributed by atoms with van der Waals surface area (Å²) in [4.78, 5) is 14.0. The van der Waals surface area contributed by atoms with E-state index in [0.29, 0.717) is 17.1 Å². The molecule has 0 spiro atoms. The van der Waals surface area contributed by atoms with Crippen molar-refractivity contribution in [2.24, 2.45) is 0 Å². The molecule has 0 saturated heterocycles. The minimum absolute atomic E-state index is 0.249. The lowest BCUT2D eigenvalue weighted by molar-refractivity contribution is 0.0951. The molecule has 1 aromatic rings. The number of nitrogens with one attached hydrogen (secondary N) is 1. The van der Waals surface area contributed by atoms with Crippen molar-refractivity contribution in [2.45, 2.75) is 6.42 Å². The second-order valence-corrected chi connectivity index (χ2v) is 8.00. The summed E-state index contributed by atoms with van der Waals surface area (Å²) in [7, 11) is 0.591. The highest BCUT2D eigenvalue weighted by Crippen LogP contribution is 2.10. The lowest BCUT2D eigenvalue weighted by Crippen LogP contribution is -2.39. The number of halogens is 1. The van der Waals surface area contributed by atoms with Gasteiger partial charge < -0.3 is 10.2 Å². The zero-order valence-corrected chi connectivity index (χ0v) is 15.3. The molecule has 1 N–H and O–H groups in total. The van der Waals surface area contributed by atoms with Gasteiger partial charge in [0.2, 0.25) is 10.0 Å². The summed E-state index contributed by atoms with van der Waals surface area (Å²) in [6, 6.07) is 6.62. The van der Waals surface area contributed by atoms with Crippen LogP contribution in [-0.2, 0) is 10.0 Å². The van der Waals surface area contributed by atoms with Crippen molar-refractivity contribution in [3.8, 4) is 0 Å². The molecule has 23 heavy (non-hydrogen) atoms. The molecule has 8 heteroatoms. The normalized spacial score (nSPS) is 11.9. The van der Waals surface area contributed by atoms with E-state index in [1.54, 1.807) is 24.3 Å². The molecule has 0 unspecified atom stereocenters. The van der Waals surface area contributed by atoms with Crippen molar-refractivity contribution in [1.29, 1.82) is 0 Å². The maximum Gasteiger partial charge on any atom is 0.251 e. The van der Waals surface area contributed by atoms with Crippen LogP contribution in [0.25, 0.3) is 0 Å². The number of carbonyl (C=O) groups excluding carboxylic acids is 1. The van der Waals surface area contributed by atoms with Gasteiger partial charge in [0.25, 0.3) is 5.91 Å². The lowest BCUT2D eigenvalue weighted by Gasteiger charge is -2.21. The SMILES string of the molecule is CN(C)CCCN(CCNC(=O)c1cccc(Cl)c1)S(C)(=O)=O. The zero-order valence-electron chi connectivity index (χ0n) is 13.8. The van der Waals surface area contributed by atoms with Gasteiger partial charge in [-0.1, -0.05) is 17.7 Å². The molecule has 0 heterocycles. The smallest absolute Gasteiger partial charge is 0.251 e. The minimum Gasteiger partial charge on any atom is -0.351 e. The Morgan fingerprint density at radius 1 is 1.22 bits per heavy atom. The third kappa shape index (κ3) is 7.78. The van der Waals surface area contributed by atoms with Crippen molar-refractivity contribution < 1.29 is 13.2 Å². The standard InChI is InChI=1S/C15H24ClN3O3S/c1-18(2)9-5-10-19(23(3,21)22)11-8-17-15(20)13-6-4-7-14(16)12-13/h4,6-7,12H,5,8-11H2,1-3H3,(H,17,20). The summed E-state index contributed by atoms with van der Waals surface area (Å²) in [5, 5.41) is 3.20. The number of nitrogens with zero attached hydrogens (tertiary/aromatic N) is 2. The van der Waals surface area contributed by atoms with Crippen LogP contribution in [0.1, 0.15) is 16.8 Å². The first-order valence-electron chi connectivity index (χ1n) is 7.34. The van der Waals surface area contributed by atoms with E-state index in [4.69, 9.17) is 11.6 Å². The van der Waals surface area contributed by atoms with Crippen LogP contribution in [0.3, 0.4) is 0 Å². The summed E-state index contributed by atoms with van der Waals surface area (Å²) in [6.45, 7) is 1.74. The molecule has 0 bridgehead atoms. The highest BCUT2D eigenvalue weighted by Gasteiger charge is 2.16. The van der Waals surface area contributed by atoms with Crippen molar-refractivity contribution in [3.63, 3.8) is 0 Å². The van der Waals surface area contributed by atoms with Crippen molar-refractivity contribution in [3.05, 3.63) is 34.9 Å². The number of sulfonamides is 1. The van der Waals surface area contributed by atoms with Crippen LogP contribution in [0.2, 0.25) is 5.02 Å². The lowest BCUT2D eigenvalue weighted by atomic mass is 10.2. The van der Waals surface area contributed by atoms with Gasteiger partial charge in [0.15, 0.2) is 0 Å². The summed E-state index contributed by atoms with van der Waals surface area (Å²) in [5.41, 5.74) is 0.455. The van der Waals surface area contributed by atoms with Crippen LogP contribution < -0.4 is 5.32 Å². The fourth-order valence-corrected chi connectivity index (χ4v) is 3.11. The van der Waals surface area contributed by atoms with E-state index < -0.39 is 10.0 Å². The second-order valence-electron chi connectivity index (χ2n) is 5.59. The predicted molar refractivity (Wildman–Crippen MR) is 93.4 cm³/mol. The van der Waals surface area contributed by atoms with Gasteiger partial charge in [-0.05, 0) is 45.3 Å². The third-order valence-electron chi connectivity index (χ3n) is 3.22. The molecule has 0 atom stereocenters. The summed E-state index contributed by atoms with van der Waals surface area (Å²) in [6.07, 6.45) is 1.92. The molecule has 1 amide bonds. The first kappa shape index (κ1) is 19.9. The molecule has 0 fully saturated rings. The molecule has 0 aromatic heterocycles. The van der Waals surface area contributed by atoms with Crippen molar-refractivity contribution in [2.75, 3.05) is 46.5 Å². The molecule has 0 radical (unpaired) electrons. The van der Waals surface area contributed by atoms with E-state index in [-0.39, 0.29) is 19.0 Å². The van der Waals surface area contributed by atoms with Crippen molar-refractivity contribution in [1.82, 2.24) is 14.5 Å². The molecule has 0 saturated carbocycles. The van der Waals surface area contributed by atoms with Crippen LogP contribution in [0.5, 0.6) is 0 Å². The number of rotatable bonds is 9. The van der Waals surface area contributed by atoms with Gasteiger partial charge >= 0.3 is 0 Å². The van der Waals surface area contributed by atoms with E-state index in [9.17, 15) is 13.2 Å². The molecule has 0 aliphatic carbocycles. The zero-order chi connectivity index (χ0) is 17.5. The molecule has 0 aliphatic heterocycles. The molecule has 1 aromatic carbocycles. The Labute approximate surface area is 143 Å². The van der Waals surface area contributed by atoms with Gasteiger partial charge in [0.1, 0.15) is 0 Å². The van der Waals surface area contributed by atoms with Gasteiger partial charge in [0.05, 0.1) is 6.26 Å². The Hall–Kier alpha value is -1.15. The van der Waals surface area contributed by atoms with Crippen LogP contribution in [-0.4, -0.2) is 70.1 Å². The van der Waals surface area contributed by atoms with Crippen molar-refractivity contribution >= 4 is 27.5 Å². The molecule has 1 rings (SSSR count). The topological polar surface area (TPSA) is 69.7 Å². The van der Waals surface area contributed by atoms with Crippen LogP contribution in [0.15, 0.2) is 24.3 Å². The summed E-state index contributed by atoms with van der Waals surface area (Å²) in [5.74, 6) is -0.269. The number of hydrogen-bond donors (Lipinski definition) is 1. The molecular weight excluding hydrogens is 338 g/mol. The average Bonchev–Trinajstić information content (AvgIpc) is 2.44. The van der Waals surface area contributed by atoms with Gasteiger partial charge in [0, 0.05) is 30.2 Å². The maximum atomic E-state index is 12.0. The van der Waals surface area contributed by atoms with E-state index in [2.05, 4.69) is 5.32 Å². The highest BCUT2D eigenvalue weighted by molar-refractivity contribution is 7.88. The Kier molecular flexibility index (Phi) is 7.98. The van der Waals surface area contributed by atoms with Gasteiger partial charge in [-0.3, -0.25) is 4.79 Å². The Balaban J connectivity index is 2.50. The Morgan fingerprint density at radius 2 is 1.91 bits per heavy atom. The average molecular weight is 362 g/mol. The van der Waals surface area contributed by atoms with Crippen LogP contribution in [0.4, 0.5) is 0 Å². The fraction of sp³-hybridized carbons (Fsp3) is 0.533. The maximum absolute atomic E-state index is 12.0. The molecular formula is C15H24ClN3O3S. The third-order valence-corrected chi connectivity index (χ3v) is 4.75. The quantitative estimate of drug-likeness (QED) is 0.719. The monoisotopic (exact) mass is 361 g/mol.